The lowest BCUT2D eigenvalue weighted by Crippen LogP contribution is -2.21. The van der Waals surface area contributed by atoms with Gasteiger partial charge in [0.05, 0.1) is 10.5 Å². The number of aryl methyl sites for hydroxylation is 1. The largest absolute Gasteiger partial charge is 0.452 e. The number of carbonyl (C=O) groups excluding carboxylic acids is 2. The van der Waals surface area contributed by atoms with E-state index in [0.717, 1.165) is 12.0 Å². The summed E-state index contributed by atoms with van der Waals surface area (Å²) in [6, 6.07) is 12.3. The fourth-order valence-corrected chi connectivity index (χ4v) is 2.65. The number of rotatable bonds is 6. The van der Waals surface area contributed by atoms with Crippen molar-refractivity contribution in [2.24, 2.45) is 5.14 Å². The highest BCUT2D eigenvalue weighted by Gasteiger charge is 2.13. The maximum absolute atomic E-state index is 11.9. The number of hydrogen-bond acceptors (Lipinski definition) is 5. The molecule has 2 rings (SSSR count). The molecule has 0 radical (unpaired) electrons. The minimum atomic E-state index is -3.83. The summed E-state index contributed by atoms with van der Waals surface area (Å²) in [6.07, 6.45) is 0.757. The summed E-state index contributed by atoms with van der Waals surface area (Å²) < 4.78 is 27.3. The third-order valence-electron chi connectivity index (χ3n) is 3.43. The molecule has 2 aromatic carbocycles. The summed E-state index contributed by atoms with van der Waals surface area (Å²) in [5.41, 5.74) is 1.76. The first-order chi connectivity index (χ1) is 11.8. The predicted molar refractivity (Wildman–Crippen MR) is 92.5 cm³/mol. The van der Waals surface area contributed by atoms with E-state index in [0.29, 0.717) is 5.69 Å². The second-order valence-corrected chi connectivity index (χ2v) is 6.77. The molecule has 0 atom stereocenters. The van der Waals surface area contributed by atoms with Crippen LogP contribution in [-0.2, 0) is 26.0 Å². The van der Waals surface area contributed by atoms with Crippen LogP contribution in [0.15, 0.2) is 53.4 Å². The normalized spacial score (nSPS) is 11.0. The molecule has 132 valence electrons. The number of benzene rings is 2. The van der Waals surface area contributed by atoms with Crippen LogP contribution in [0.2, 0.25) is 0 Å². The first-order valence-corrected chi connectivity index (χ1v) is 9.03. The molecule has 0 aliphatic rings. The standard InChI is InChI=1S/C17H18N2O5S/c1-2-12-5-3-4-6-15(12)19-16(20)11-24-17(21)13-7-9-14(10-8-13)25(18,22)23/h3-10H,2,11H2,1H3,(H,19,20)(H2,18,22,23). The maximum atomic E-state index is 11.9. The van der Waals surface area contributed by atoms with Crippen molar-refractivity contribution in [3.63, 3.8) is 0 Å². The Labute approximate surface area is 145 Å². The average molecular weight is 362 g/mol. The van der Waals surface area contributed by atoms with Crippen molar-refractivity contribution in [2.45, 2.75) is 18.2 Å². The molecule has 0 saturated carbocycles. The van der Waals surface area contributed by atoms with E-state index in [1.54, 1.807) is 12.1 Å². The minimum absolute atomic E-state index is 0.113. The Bertz CT molecular complexity index is 876. The van der Waals surface area contributed by atoms with Crippen LogP contribution in [0.1, 0.15) is 22.8 Å². The molecule has 0 aliphatic carbocycles. The third-order valence-corrected chi connectivity index (χ3v) is 4.35. The van der Waals surface area contributed by atoms with Crippen molar-refractivity contribution in [1.29, 1.82) is 0 Å². The first kappa shape index (κ1) is 18.6. The van der Waals surface area contributed by atoms with Crippen molar-refractivity contribution >= 4 is 27.6 Å². The summed E-state index contributed by atoms with van der Waals surface area (Å²) in [7, 11) is -3.83. The van der Waals surface area contributed by atoms with Gasteiger partial charge in [0.25, 0.3) is 5.91 Å². The predicted octanol–water partition coefficient (Wildman–Crippen LogP) is 1.69. The average Bonchev–Trinajstić information content (AvgIpc) is 2.59. The number of sulfonamides is 1. The first-order valence-electron chi connectivity index (χ1n) is 7.49. The molecule has 0 fully saturated rings. The molecule has 0 unspecified atom stereocenters. The maximum Gasteiger partial charge on any atom is 0.338 e. The van der Waals surface area contributed by atoms with Gasteiger partial charge >= 0.3 is 5.97 Å². The molecule has 0 aliphatic heterocycles. The number of ether oxygens (including phenoxy) is 1. The Morgan fingerprint density at radius 1 is 1.08 bits per heavy atom. The Balaban J connectivity index is 1.94. The number of para-hydroxylation sites is 1. The van der Waals surface area contributed by atoms with Gasteiger partial charge < -0.3 is 10.1 Å². The monoisotopic (exact) mass is 362 g/mol. The lowest BCUT2D eigenvalue weighted by molar-refractivity contribution is -0.119. The Hall–Kier alpha value is -2.71. The van der Waals surface area contributed by atoms with Crippen LogP contribution in [-0.4, -0.2) is 26.9 Å². The molecule has 8 heteroatoms. The van der Waals surface area contributed by atoms with E-state index in [1.165, 1.54) is 24.3 Å². The number of esters is 1. The molecule has 0 bridgehead atoms. The Kier molecular flexibility index (Phi) is 5.89. The Morgan fingerprint density at radius 2 is 1.72 bits per heavy atom. The molecule has 3 N–H and O–H groups in total. The number of nitrogens with one attached hydrogen (secondary N) is 1. The minimum Gasteiger partial charge on any atom is -0.452 e. The van der Waals surface area contributed by atoms with Crippen molar-refractivity contribution in [3.8, 4) is 0 Å². The lowest BCUT2D eigenvalue weighted by Gasteiger charge is -2.10. The molecule has 0 saturated heterocycles. The van der Waals surface area contributed by atoms with E-state index in [9.17, 15) is 18.0 Å². The van der Waals surface area contributed by atoms with Gasteiger partial charge in [-0.1, -0.05) is 25.1 Å². The fourth-order valence-electron chi connectivity index (χ4n) is 2.13. The van der Waals surface area contributed by atoms with E-state index in [-0.39, 0.29) is 10.5 Å². The molecule has 2 aromatic rings. The van der Waals surface area contributed by atoms with Gasteiger partial charge in [-0.05, 0) is 42.3 Å². The van der Waals surface area contributed by atoms with E-state index in [4.69, 9.17) is 9.88 Å². The zero-order valence-corrected chi connectivity index (χ0v) is 14.4. The van der Waals surface area contributed by atoms with Gasteiger partial charge in [0.1, 0.15) is 0 Å². The molecule has 7 nitrogen and oxygen atoms in total. The molecule has 1 amide bonds. The molecule has 0 spiro atoms. The van der Waals surface area contributed by atoms with E-state index in [1.807, 2.05) is 19.1 Å². The van der Waals surface area contributed by atoms with Crippen LogP contribution in [0.3, 0.4) is 0 Å². The van der Waals surface area contributed by atoms with Gasteiger partial charge in [0.15, 0.2) is 6.61 Å². The Morgan fingerprint density at radius 3 is 2.32 bits per heavy atom. The molecular formula is C17H18N2O5S. The van der Waals surface area contributed by atoms with Crippen LogP contribution >= 0.6 is 0 Å². The van der Waals surface area contributed by atoms with E-state index in [2.05, 4.69) is 5.32 Å². The molecule has 0 heterocycles. The number of primary sulfonamides is 1. The zero-order chi connectivity index (χ0) is 18.4. The summed E-state index contributed by atoms with van der Waals surface area (Å²) in [4.78, 5) is 23.7. The number of anilines is 1. The second kappa shape index (κ2) is 7.91. The highest BCUT2D eigenvalue weighted by Crippen LogP contribution is 2.15. The summed E-state index contributed by atoms with van der Waals surface area (Å²) in [5.74, 6) is -1.20. The van der Waals surface area contributed by atoms with Gasteiger partial charge in [-0.25, -0.2) is 18.4 Å². The quantitative estimate of drug-likeness (QED) is 0.759. The van der Waals surface area contributed by atoms with Crippen LogP contribution < -0.4 is 10.5 Å². The highest BCUT2D eigenvalue weighted by atomic mass is 32.2. The fraction of sp³-hybridized carbons (Fsp3) is 0.176. The van der Waals surface area contributed by atoms with Gasteiger partial charge in [-0.3, -0.25) is 4.79 Å². The van der Waals surface area contributed by atoms with Crippen molar-refractivity contribution < 1.29 is 22.7 Å². The van der Waals surface area contributed by atoms with Crippen LogP contribution in [0.5, 0.6) is 0 Å². The van der Waals surface area contributed by atoms with E-state index < -0.39 is 28.5 Å². The van der Waals surface area contributed by atoms with Gasteiger partial charge in [0, 0.05) is 5.69 Å². The van der Waals surface area contributed by atoms with Crippen LogP contribution in [0.4, 0.5) is 5.69 Å². The smallest absolute Gasteiger partial charge is 0.338 e. The van der Waals surface area contributed by atoms with Crippen molar-refractivity contribution in [3.05, 3.63) is 59.7 Å². The number of carbonyl (C=O) groups is 2. The molecule has 0 aromatic heterocycles. The van der Waals surface area contributed by atoms with Gasteiger partial charge in [0.2, 0.25) is 10.0 Å². The third kappa shape index (κ3) is 5.13. The van der Waals surface area contributed by atoms with Crippen LogP contribution in [0.25, 0.3) is 0 Å². The molecular weight excluding hydrogens is 344 g/mol. The topological polar surface area (TPSA) is 116 Å². The summed E-state index contributed by atoms with van der Waals surface area (Å²) >= 11 is 0. The van der Waals surface area contributed by atoms with Crippen LogP contribution in [0, 0.1) is 0 Å². The summed E-state index contributed by atoms with van der Waals surface area (Å²) in [6.45, 7) is 1.52. The SMILES string of the molecule is CCc1ccccc1NC(=O)COC(=O)c1ccc(S(N)(=O)=O)cc1. The van der Waals surface area contributed by atoms with Gasteiger partial charge in [-0.15, -0.1) is 0 Å². The number of hydrogen-bond donors (Lipinski definition) is 2. The number of nitrogens with two attached hydrogens (primary N) is 1. The number of amides is 1. The molecule has 25 heavy (non-hydrogen) atoms. The summed E-state index contributed by atoms with van der Waals surface area (Å²) in [5, 5.41) is 7.67. The van der Waals surface area contributed by atoms with Crippen molar-refractivity contribution in [1.82, 2.24) is 0 Å². The van der Waals surface area contributed by atoms with Gasteiger partial charge in [-0.2, -0.15) is 0 Å². The zero-order valence-electron chi connectivity index (χ0n) is 13.6. The lowest BCUT2D eigenvalue weighted by atomic mass is 10.1. The van der Waals surface area contributed by atoms with Crippen molar-refractivity contribution in [2.75, 3.05) is 11.9 Å². The second-order valence-electron chi connectivity index (χ2n) is 5.20. The van der Waals surface area contributed by atoms with E-state index >= 15 is 0 Å². The highest BCUT2D eigenvalue weighted by molar-refractivity contribution is 7.89.